The Balaban J connectivity index is 2.23. The highest BCUT2D eigenvalue weighted by atomic mass is 32.1. The summed E-state index contributed by atoms with van der Waals surface area (Å²) < 4.78 is 0. The molecule has 1 atom stereocenters. The van der Waals surface area contributed by atoms with E-state index in [0.717, 1.165) is 42.9 Å². The Morgan fingerprint density at radius 2 is 1.40 bits per heavy atom. The molecule has 1 aliphatic rings. The Bertz CT molecular complexity index is 390. The molecule has 0 aliphatic carbocycles. The Hall–Kier alpha value is -0.620. The van der Waals surface area contributed by atoms with Crippen LogP contribution in [-0.4, -0.2) is 58.8 Å². The summed E-state index contributed by atoms with van der Waals surface area (Å²) in [4.78, 5) is 4.61. The fourth-order valence-corrected chi connectivity index (χ4v) is 3.79. The Morgan fingerprint density at radius 1 is 0.840 bits per heavy atom. The van der Waals surface area contributed by atoms with Gasteiger partial charge in [0.1, 0.15) is 0 Å². The maximum absolute atomic E-state index is 5.59. The van der Waals surface area contributed by atoms with Crippen LogP contribution < -0.4 is 10.6 Å². The molecule has 6 heteroatoms. The molecule has 2 N–H and O–H groups in total. The van der Waals surface area contributed by atoms with E-state index in [-0.39, 0.29) is 0 Å². The van der Waals surface area contributed by atoms with Gasteiger partial charge in [-0.3, -0.25) is 0 Å². The predicted octanol–water partition coefficient (Wildman–Crippen LogP) is 3.90. The van der Waals surface area contributed by atoms with E-state index in [2.05, 4.69) is 41.2 Å². The van der Waals surface area contributed by atoms with Crippen molar-refractivity contribution in [3.63, 3.8) is 0 Å². The molecule has 0 aromatic heterocycles. The third kappa shape index (κ3) is 9.04. The van der Waals surface area contributed by atoms with E-state index < -0.39 is 0 Å². The molecule has 0 radical (unpaired) electrons. The van der Waals surface area contributed by atoms with Crippen molar-refractivity contribution in [1.29, 1.82) is 0 Å². The summed E-state index contributed by atoms with van der Waals surface area (Å²) in [6.07, 6.45) is 10.2. The highest BCUT2D eigenvalue weighted by Crippen LogP contribution is 2.10. The van der Waals surface area contributed by atoms with Gasteiger partial charge in [0.15, 0.2) is 10.2 Å². The molecule has 0 saturated carbocycles. The van der Waals surface area contributed by atoms with E-state index in [1.54, 1.807) is 0 Å². The van der Waals surface area contributed by atoms with Crippen LogP contribution >= 0.6 is 24.4 Å². The fourth-order valence-electron chi connectivity index (χ4n) is 3.15. The van der Waals surface area contributed by atoms with E-state index in [0.29, 0.717) is 6.04 Å². The van der Waals surface area contributed by atoms with Gasteiger partial charge in [0.25, 0.3) is 0 Å². The fraction of sp³-hybridized carbons (Fsp3) is 0.895. The standard InChI is InChI=1S/C19H38N4S2/c1-4-6-8-10-12-20-18(24)22-14-15-23(17(3)16-22)19(25)21-13-11-9-7-5-2/h17H,4-16H2,1-3H3,(H,20,24)(H,21,25)/t17-/m1/s1. The van der Waals surface area contributed by atoms with Gasteiger partial charge >= 0.3 is 0 Å². The second-order valence-corrected chi connectivity index (χ2v) is 7.85. The van der Waals surface area contributed by atoms with Crippen LogP contribution in [0.15, 0.2) is 0 Å². The minimum absolute atomic E-state index is 0.393. The van der Waals surface area contributed by atoms with Crippen LogP contribution in [0, 0.1) is 0 Å². The molecule has 0 unspecified atom stereocenters. The summed E-state index contributed by atoms with van der Waals surface area (Å²) >= 11 is 11.2. The minimum atomic E-state index is 0.393. The summed E-state index contributed by atoms with van der Waals surface area (Å²) in [6, 6.07) is 0.393. The molecular weight excluding hydrogens is 348 g/mol. The molecule has 0 aromatic rings. The zero-order valence-electron chi connectivity index (χ0n) is 16.5. The van der Waals surface area contributed by atoms with Gasteiger partial charge in [-0.25, -0.2) is 0 Å². The van der Waals surface area contributed by atoms with Crippen LogP contribution in [0.2, 0.25) is 0 Å². The lowest BCUT2D eigenvalue weighted by molar-refractivity contribution is 0.193. The average Bonchev–Trinajstić information content (AvgIpc) is 2.60. The molecule has 0 bridgehead atoms. The second-order valence-electron chi connectivity index (χ2n) is 7.07. The number of piperazine rings is 1. The zero-order valence-corrected chi connectivity index (χ0v) is 18.1. The lowest BCUT2D eigenvalue weighted by Gasteiger charge is -2.42. The van der Waals surface area contributed by atoms with Gasteiger partial charge < -0.3 is 20.4 Å². The average molecular weight is 387 g/mol. The quantitative estimate of drug-likeness (QED) is 0.437. The molecule has 4 nitrogen and oxygen atoms in total. The van der Waals surface area contributed by atoms with E-state index in [1.807, 2.05) is 0 Å². The van der Waals surface area contributed by atoms with Crippen LogP contribution in [-0.2, 0) is 0 Å². The topological polar surface area (TPSA) is 30.5 Å². The van der Waals surface area contributed by atoms with Crippen molar-refractivity contribution in [2.24, 2.45) is 0 Å². The number of unbranched alkanes of at least 4 members (excludes halogenated alkanes) is 6. The van der Waals surface area contributed by atoms with E-state index in [9.17, 15) is 0 Å². The summed E-state index contributed by atoms with van der Waals surface area (Å²) in [5.74, 6) is 0. The highest BCUT2D eigenvalue weighted by molar-refractivity contribution is 7.80. The second kappa shape index (κ2) is 13.6. The van der Waals surface area contributed by atoms with Gasteiger partial charge in [-0.05, 0) is 44.2 Å². The molecule has 1 aliphatic heterocycles. The lowest BCUT2D eigenvalue weighted by Crippen LogP contribution is -2.59. The van der Waals surface area contributed by atoms with Crippen LogP contribution in [0.3, 0.4) is 0 Å². The number of rotatable bonds is 10. The van der Waals surface area contributed by atoms with Crippen molar-refractivity contribution >= 4 is 34.7 Å². The normalized spacial score (nSPS) is 17.5. The van der Waals surface area contributed by atoms with Gasteiger partial charge in [0, 0.05) is 38.8 Å². The highest BCUT2D eigenvalue weighted by Gasteiger charge is 2.26. The van der Waals surface area contributed by atoms with Crippen molar-refractivity contribution in [3.8, 4) is 0 Å². The SMILES string of the molecule is CCCCCCNC(=S)N1CCN(C(=S)NCCCCCC)[C@H](C)C1. The van der Waals surface area contributed by atoms with Crippen LogP contribution in [0.5, 0.6) is 0 Å². The summed E-state index contributed by atoms with van der Waals surface area (Å²) in [6.45, 7) is 11.5. The molecule has 1 fully saturated rings. The molecule has 0 amide bonds. The number of nitrogens with one attached hydrogen (secondary N) is 2. The third-order valence-electron chi connectivity index (χ3n) is 4.79. The first-order chi connectivity index (χ1) is 12.1. The maximum Gasteiger partial charge on any atom is 0.169 e. The predicted molar refractivity (Wildman–Crippen MR) is 117 cm³/mol. The van der Waals surface area contributed by atoms with Crippen molar-refractivity contribution < 1.29 is 0 Å². The largest absolute Gasteiger partial charge is 0.363 e. The number of hydrogen-bond acceptors (Lipinski definition) is 2. The van der Waals surface area contributed by atoms with Crippen LogP contribution in [0.25, 0.3) is 0 Å². The molecule has 0 spiro atoms. The Kier molecular flexibility index (Phi) is 12.2. The minimum Gasteiger partial charge on any atom is -0.363 e. The summed E-state index contributed by atoms with van der Waals surface area (Å²) in [7, 11) is 0. The van der Waals surface area contributed by atoms with Crippen molar-refractivity contribution in [2.45, 2.75) is 78.2 Å². The maximum atomic E-state index is 5.59. The van der Waals surface area contributed by atoms with E-state index >= 15 is 0 Å². The lowest BCUT2D eigenvalue weighted by atomic mass is 10.2. The first kappa shape index (κ1) is 22.4. The van der Waals surface area contributed by atoms with E-state index in [1.165, 1.54) is 51.4 Å². The first-order valence-corrected chi connectivity index (χ1v) is 11.0. The number of thiocarbonyl (C=S) groups is 2. The van der Waals surface area contributed by atoms with Crippen LogP contribution in [0.4, 0.5) is 0 Å². The summed E-state index contributed by atoms with van der Waals surface area (Å²) in [5.41, 5.74) is 0. The zero-order chi connectivity index (χ0) is 18.5. The Morgan fingerprint density at radius 3 is 1.92 bits per heavy atom. The molecule has 146 valence electrons. The monoisotopic (exact) mass is 386 g/mol. The third-order valence-corrected chi connectivity index (χ3v) is 5.57. The molecule has 1 heterocycles. The first-order valence-electron chi connectivity index (χ1n) is 10.2. The van der Waals surface area contributed by atoms with Gasteiger partial charge in [0.2, 0.25) is 0 Å². The van der Waals surface area contributed by atoms with Gasteiger partial charge in [0.05, 0.1) is 0 Å². The molecule has 1 saturated heterocycles. The van der Waals surface area contributed by atoms with Gasteiger partial charge in [-0.15, -0.1) is 0 Å². The van der Waals surface area contributed by atoms with Gasteiger partial charge in [-0.1, -0.05) is 52.4 Å². The van der Waals surface area contributed by atoms with Gasteiger partial charge in [-0.2, -0.15) is 0 Å². The van der Waals surface area contributed by atoms with E-state index in [4.69, 9.17) is 24.4 Å². The Labute approximate surface area is 166 Å². The van der Waals surface area contributed by atoms with Crippen LogP contribution in [0.1, 0.15) is 72.1 Å². The molecule has 0 aromatic carbocycles. The smallest absolute Gasteiger partial charge is 0.169 e. The van der Waals surface area contributed by atoms with Crippen molar-refractivity contribution in [2.75, 3.05) is 32.7 Å². The van der Waals surface area contributed by atoms with Crippen molar-refractivity contribution in [1.82, 2.24) is 20.4 Å². The number of hydrogen-bond donors (Lipinski definition) is 2. The summed E-state index contributed by atoms with van der Waals surface area (Å²) in [5, 5.41) is 8.66. The molecule has 1 rings (SSSR count). The molecule has 25 heavy (non-hydrogen) atoms. The van der Waals surface area contributed by atoms with Crippen molar-refractivity contribution in [3.05, 3.63) is 0 Å². The number of nitrogens with zero attached hydrogens (tertiary/aromatic N) is 2. The molecular formula is C19H38N4S2.